The number of carbonyl (C=O) groups is 1. The highest BCUT2D eigenvalue weighted by atomic mass is 35.5. The average molecular weight is 349 g/mol. The molecule has 2 aromatic rings. The van der Waals surface area contributed by atoms with Gasteiger partial charge in [0.15, 0.2) is 0 Å². The van der Waals surface area contributed by atoms with Crippen molar-refractivity contribution < 1.29 is 14.3 Å². The Bertz CT molecular complexity index is 675. The van der Waals surface area contributed by atoms with Crippen molar-refractivity contribution in [3.8, 4) is 0 Å². The summed E-state index contributed by atoms with van der Waals surface area (Å²) < 4.78 is 5.23. The van der Waals surface area contributed by atoms with Crippen LogP contribution in [0.3, 0.4) is 0 Å². The lowest BCUT2D eigenvalue weighted by atomic mass is 10.1. The smallest absolute Gasteiger partial charge is 0.237 e. The number of likely N-dealkylation sites (tertiary alicyclic amines) is 1. The van der Waals surface area contributed by atoms with E-state index < -0.39 is 6.10 Å². The van der Waals surface area contributed by atoms with Gasteiger partial charge in [0.25, 0.3) is 0 Å². The number of amides is 1. The third-order valence-corrected chi connectivity index (χ3v) is 4.70. The Morgan fingerprint density at radius 1 is 1.38 bits per heavy atom. The lowest BCUT2D eigenvalue weighted by Crippen LogP contribution is -2.44. The van der Waals surface area contributed by atoms with Crippen molar-refractivity contribution >= 4 is 17.5 Å². The van der Waals surface area contributed by atoms with Crippen LogP contribution in [0.2, 0.25) is 5.02 Å². The number of aliphatic hydroxyl groups excluding tert-OH is 1. The van der Waals surface area contributed by atoms with Crippen LogP contribution in [-0.2, 0) is 11.3 Å². The van der Waals surface area contributed by atoms with Crippen LogP contribution in [0.15, 0.2) is 47.1 Å². The average Bonchev–Trinajstić information content (AvgIpc) is 3.24. The lowest BCUT2D eigenvalue weighted by Gasteiger charge is -2.26. The van der Waals surface area contributed by atoms with Gasteiger partial charge in [0.1, 0.15) is 5.76 Å². The minimum atomic E-state index is -0.711. The molecule has 1 aliphatic heterocycles. The molecule has 1 fully saturated rings. The number of halogens is 1. The summed E-state index contributed by atoms with van der Waals surface area (Å²) >= 11 is 6.14. The summed E-state index contributed by atoms with van der Waals surface area (Å²) in [6.07, 6.45) is 2.61. The standard InChI is InChI=1S/C18H21ClN2O3/c19-15-7-2-1-6-14(15)17(22)12-21-9-3-8-16(21)18(23)20-11-13-5-4-10-24-13/h1-2,4-7,10,16-17,22H,3,8-9,11-12H2,(H,20,23). The zero-order valence-electron chi connectivity index (χ0n) is 13.3. The second kappa shape index (κ2) is 7.83. The maximum absolute atomic E-state index is 12.4. The van der Waals surface area contributed by atoms with Crippen molar-refractivity contribution in [3.05, 3.63) is 59.0 Å². The summed E-state index contributed by atoms with van der Waals surface area (Å²) in [4.78, 5) is 14.5. The van der Waals surface area contributed by atoms with Gasteiger partial charge in [-0.1, -0.05) is 29.8 Å². The SMILES string of the molecule is O=C(NCc1ccco1)C1CCCN1CC(O)c1ccccc1Cl. The number of furan rings is 1. The number of benzene rings is 1. The summed E-state index contributed by atoms with van der Waals surface area (Å²) in [7, 11) is 0. The lowest BCUT2D eigenvalue weighted by molar-refractivity contribution is -0.126. The number of rotatable bonds is 6. The van der Waals surface area contributed by atoms with Crippen molar-refractivity contribution in [2.45, 2.75) is 31.5 Å². The van der Waals surface area contributed by atoms with Crippen LogP contribution in [0, 0.1) is 0 Å². The number of β-amino-alcohol motifs (C(OH)–C–C–N with tert-alkyl or cyclic N) is 1. The van der Waals surface area contributed by atoms with E-state index in [0.29, 0.717) is 23.7 Å². The molecule has 1 saturated heterocycles. The van der Waals surface area contributed by atoms with Gasteiger partial charge in [0.2, 0.25) is 5.91 Å². The van der Waals surface area contributed by atoms with Crippen molar-refractivity contribution in [2.75, 3.05) is 13.1 Å². The molecule has 1 aliphatic rings. The first kappa shape index (κ1) is 17.0. The normalized spacial score (nSPS) is 19.3. The monoisotopic (exact) mass is 348 g/mol. The Morgan fingerprint density at radius 3 is 2.96 bits per heavy atom. The fourth-order valence-corrected chi connectivity index (χ4v) is 3.37. The van der Waals surface area contributed by atoms with Gasteiger partial charge in [-0.25, -0.2) is 0 Å². The maximum atomic E-state index is 12.4. The maximum Gasteiger partial charge on any atom is 0.237 e. The number of nitrogens with one attached hydrogen (secondary N) is 1. The molecule has 2 N–H and O–H groups in total. The number of hydrogen-bond acceptors (Lipinski definition) is 4. The first-order valence-electron chi connectivity index (χ1n) is 8.12. The number of nitrogens with zero attached hydrogens (tertiary/aromatic N) is 1. The van der Waals surface area contributed by atoms with Crippen LogP contribution in [0.1, 0.15) is 30.3 Å². The third kappa shape index (κ3) is 3.98. The van der Waals surface area contributed by atoms with Crippen LogP contribution in [0.4, 0.5) is 0 Å². The van der Waals surface area contributed by atoms with Crippen molar-refractivity contribution in [2.24, 2.45) is 0 Å². The molecule has 128 valence electrons. The van der Waals surface area contributed by atoms with Crippen molar-refractivity contribution in [1.29, 1.82) is 0 Å². The number of carbonyl (C=O) groups excluding carboxylic acids is 1. The molecular weight excluding hydrogens is 328 g/mol. The van der Waals surface area contributed by atoms with E-state index in [2.05, 4.69) is 5.32 Å². The number of aliphatic hydroxyl groups is 1. The quantitative estimate of drug-likeness (QED) is 0.842. The third-order valence-electron chi connectivity index (χ3n) is 4.35. The van der Waals surface area contributed by atoms with Crippen LogP contribution in [0.5, 0.6) is 0 Å². The highest BCUT2D eigenvalue weighted by Gasteiger charge is 2.32. The largest absolute Gasteiger partial charge is 0.467 e. The molecule has 2 atom stereocenters. The molecule has 0 radical (unpaired) electrons. The highest BCUT2D eigenvalue weighted by molar-refractivity contribution is 6.31. The molecule has 24 heavy (non-hydrogen) atoms. The van der Waals surface area contributed by atoms with E-state index in [1.165, 1.54) is 0 Å². The molecule has 0 aliphatic carbocycles. The highest BCUT2D eigenvalue weighted by Crippen LogP contribution is 2.26. The molecule has 0 spiro atoms. The summed E-state index contributed by atoms with van der Waals surface area (Å²) in [6, 6.07) is 10.7. The van der Waals surface area contributed by atoms with Crippen molar-refractivity contribution in [3.63, 3.8) is 0 Å². The Kier molecular flexibility index (Phi) is 5.56. The summed E-state index contributed by atoms with van der Waals surface area (Å²) in [5.74, 6) is 0.694. The van der Waals surface area contributed by atoms with Gasteiger partial charge in [0.05, 0.1) is 25.0 Å². The fourth-order valence-electron chi connectivity index (χ4n) is 3.11. The topological polar surface area (TPSA) is 65.7 Å². The Labute approximate surface area is 146 Å². The predicted octanol–water partition coefficient (Wildman–Crippen LogP) is 2.75. The van der Waals surface area contributed by atoms with E-state index >= 15 is 0 Å². The molecular formula is C18H21ClN2O3. The van der Waals surface area contributed by atoms with Crippen LogP contribution in [0.25, 0.3) is 0 Å². The molecule has 0 saturated carbocycles. The van der Waals surface area contributed by atoms with Crippen LogP contribution in [-0.4, -0.2) is 35.0 Å². The molecule has 0 bridgehead atoms. The van der Waals surface area contributed by atoms with Gasteiger partial charge in [-0.3, -0.25) is 9.69 Å². The zero-order valence-corrected chi connectivity index (χ0v) is 14.1. The molecule has 1 aromatic carbocycles. The first-order chi connectivity index (χ1) is 11.6. The minimum absolute atomic E-state index is 0.0322. The van der Waals surface area contributed by atoms with Crippen molar-refractivity contribution in [1.82, 2.24) is 10.2 Å². The van der Waals surface area contributed by atoms with Gasteiger partial charge in [-0.15, -0.1) is 0 Å². The molecule has 3 rings (SSSR count). The van der Waals surface area contributed by atoms with E-state index in [1.807, 2.05) is 29.2 Å². The van der Waals surface area contributed by atoms with E-state index in [4.69, 9.17) is 16.0 Å². The molecule has 2 unspecified atom stereocenters. The van der Waals surface area contributed by atoms with Gasteiger partial charge in [0, 0.05) is 17.1 Å². The predicted molar refractivity (Wildman–Crippen MR) is 91.6 cm³/mol. The van der Waals surface area contributed by atoms with E-state index in [-0.39, 0.29) is 11.9 Å². The Balaban J connectivity index is 1.58. The molecule has 5 nitrogen and oxygen atoms in total. The fraction of sp³-hybridized carbons (Fsp3) is 0.389. The molecule has 1 aromatic heterocycles. The van der Waals surface area contributed by atoms with Crippen LogP contribution < -0.4 is 5.32 Å². The van der Waals surface area contributed by atoms with Gasteiger partial charge in [-0.05, 0) is 37.6 Å². The summed E-state index contributed by atoms with van der Waals surface area (Å²) in [6.45, 7) is 1.56. The second-order valence-electron chi connectivity index (χ2n) is 5.99. The summed E-state index contributed by atoms with van der Waals surface area (Å²) in [5.41, 5.74) is 0.695. The van der Waals surface area contributed by atoms with E-state index in [9.17, 15) is 9.90 Å². The van der Waals surface area contributed by atoms with Gasteiger partial charge >= 0.3 is 0 Å². The molecule has 6 heteroatoms. The second-order valence-corrected chi connectivity index (χ2v) is 6.39. The molecule has 1 amide bonds. The van der Waals surface area contributed by atoms with Crippen LogP contribution >= 0.6 is 11.6 Å². The van der Waals surface area contributed by atoms with E-state index in [0.717, 1.165) is 25.1 Å². The Morgan fingerprint density at radius 2 is 2.21 bits per heavy atom. The molecule has 2 heterocycles. The first-order valence-corrected chi connectivity index (χ1v) is 8.49. The van der Waals surface area contributed by atoms with E-state index in [1.54, 1.807) is 18.4 Å². The minimum Gasteiger partial charge on any atom is -0.467 e. The zero-order chi connectivity index (χ0) is 16.9. The number of hydrogen-bond donors (Lipinski definition) is 2. The van der Waals surface area contributed by atoms with Gasteiger partial charge < -0.3 is 14.8 Å². The summed E-state index contributed by atoms with van der Waals surface area (Å²) in [5, 5.41) is 13.9. The Hall–Kier alpha value is -1.82. The van der Waals surface area contributed by atoms with Gasteiger partial charge in [-0.2, -0.15) is 0 Å².